The molecule has 6 heteroatoms. The third kappa shape index (κ3) is 8.70. The van der Waals surface area contributed by atoms with E-state index in [1.54, 1.807) is 0 Å². The Hall–Kier alpha value is -1.46. The molecule has 0 saturated heterocycles. The lowest BCUT2D eigenvalue weighted by Crippen LogP contribution is -2.56. The summed E-state index contributed by atoms with van der Waals surface area (Å²) in [6.45, 7) is 6.65. The summed E-state index contributed by atoms with van der Waals surface area (Å²) in [5.41, 5.74) is 0. The van der Waals surface area contributed by atoms with Gasteiger partial charge in [0.2, 0.25) is 0 Å². The van der Waals surface area contributed by atoms with Gasteiger partial charge in [-0.1, -0.05) is 59.3 Å². The lowest BCUT2D eigenvalue weighted by molar-refractivity contribution is 0.211. The summed E-state index contributed by atoms with van der Waals surface area (Å²) in [5.74, 6) is 1.34. The Morgan fingerprint density at radius 2 is 1.32 bits per heavy atom. The zero-order chi connectivity index (χ0) is 20.4. The van der Waals surface area contributed by atoms with Crippen LogP contribution in [0, 0.1) is 11.8 Å². The van der Waals surface area contributed by atoms with Crippen molar-refractivity contribution in [3.05, 3.63) is 0 Å². The summed E-state index contributed by atoms with van der Waals surface area (Å²) in [7, 11) is 0. The Balaban J connectivity index is 1.80. The first-order valence-corrected chi connectivity index (χ1v) is 11.6. The smallest absolute Gasteiger partial charge is 0.316 e. The second-order valence-corrected chi connectivity index (χ2v) is 9.22. The Labute approximate surface area is 171 Å². The Morgan fingerprint density at radius 1 is 0.821 bits per heavy atom. The highest BCUT2D eigenvalue weighted by atomic mass is 16.2. The molecule has 2 aliphatic carbocycles. The van der Waals surface area contributed by atoms with Crippen molar-refractivity contribution in [3.8, 4) is 0 Å². The van der Waals surface area contributed by atoms with E-state index in [1.807, 2.05) is 0 Å². The van der Waals surface area contributed by atoms with Crippen LogP contribution in [0.15, 0.2) is 0 Å². The lowest BCUT2D eigenvalue weighted by atomic mass is 9.87. The minimum absolute atomic E-state index is 0.160. The van der Waals surface area contributed by atoms with Crippen LogP contribution in [0.2, 0.25) is 0 Å². The van der Waals surface area contributed by atoms with Crippen molar-refractivity contribution in [1.29, 1.82) is 0 Å². The fourth-order valence-corrected chi connectivity index (χ4v) is 4.68. The quantitative estimate of drug-likeness (QED) is 0.357. The van der Waals surface area contributed by atoms with Crippen molar-refractivity contribution in [3.63, 3.8) is 0 Å². The standard InChI is InChI=1S/C22H42N4O2/c1-4-5-6-13-20(25-21(27)23-18-11-7-9-16(2)14-18)26-22(28)24-19-12-8-10-17(3)15-19/h16-20H,4-15H2,1-3H3,(H2,23,25,27)(H2,24,26,28). The third-order valence-electron chi connectivity index (χ3n) is 6.25. The fraction of sp³-hybridized carbons (Fsp3) is 0.909. The Kier molecular flexibility index (Phi) is 9.93. The van der Waals surface area contributed by atoms with Crippen LogP contribution in [-0.2, 0) is 0 Å². The van der Waals surface area contributed by atoms with Gasteiger partial charge in [-0.05, 0) is 50.4 Å². The van der Waals surface area contributed by atoms with Gasteiger partial charge in [0.05, 0.1) is 0 Å². The van der Waals surface area contributed by atoms with Crippen molar-refractivity contribution >= 4 is 12.1 Å². The molecular weight excluding hydrogens is 352 g/mol. The van der Waals surface area contributed by atoms with E-state index in [0.29, 0.717) is 11.8 Å². The molecule has 0 aromatic rings. The van der Waals surface area contributed by atoms with Crippen molar-refractivity contribution in [2.75, 3.05) is 0 Å². The van der Waals surface area contributed by atoms with E-state index in [4.69, 9.17) is 0 Å². The van der Waals surface area contributed by atoms with Crippen LogP contribution in [-0.4, -0.2) is 30.3 Å². The van der Waals surface area contributed by atoms with Crippen LogP contribution in [0.5, 0.6) is 0 Å². The number of unbranched alkanes of at least 4 members (excludes halogenated alkanes) is 2. The monoisotopic (exact) mass is 394 g/mol. The maximum atomic E-state index is 12.5. The molecule has 28 heavy (non-hydrogen) atoms. The number of rotatable bonds is 8. The number of hydrogen-bond acceptors (Lipinski definition) is 2. The van der Waals surface area contributed by atoms with E-state index in [0.717, 1.165) is 51.4 Å². The first-order valence-electron chi connectivity index (χ1n) is 11.6. The molecule has 2 saturated carbocycles. The van der Waals surface area contributed by atoms with E-state index in [2.05, 4.69) is 42.0 Å². The first-order chi connectivity index (χ1) is 13.5. The van der Waals surface area contributed by atoms with Crippen LogP contribution in [0.25, 0.3) is 0 Å². The molecule has 0 bridgehead atoms. The van der Waals surface area contributed by atoms with Crippen LogP contribution >= 0.6 is 0 Å². The topological polar surface area (TPSA) is 82.3 Å². The number of carbonyl (C=O) groups is 2. The van der Waals surface area contributed by atoms with Gasteiger partial charge in [0, 0.05) is 12.1 Å². The molecule has 0 spiro atoms. The molecule has 2 aliphatic rings. The summed E-state index contributed by atoms with van der Waals surface area (Å²) < 4.78 is 0. The van der Waals surface area contributed by atoms with Gasteiger partial charge >= 0.3 is 12.1 Å². The molecule has 4 N–H and O–H groups in total. The van der Waals surface area contributed by atoms with Crippen molar-refractivity contribution < 1.29 is 9.59 Å². The molecule has 162 valence electrons. The molecule has 4 atom stereocenters. The predicted octanol–water partition coefficient (Wildman–Crippen LogP) is 4.65. The molecular formula is C22H42N4O2. The molecule has 0 radical (unpaired) electrons. The van der Waals surface area contributed by atoms with Gasteiger partial charge < -0.3 is 21.3 Å². The molecule has 0 aliphatic heterocycles. The fourth-order valence-electron chi connectivity index (χ4n) is 4.68. The van der Waals surface area contributed by atoms with E-state index in [-0.39, 0.29) is 30.3 Å². The highest BCUT2D eigenvalue weighted by Gasteiger charge is 2.24. The zero-order valence-electron chi connectivity index (χ0n) is 18.2. The van der Waals surface area contributed by atoms with Gasteiger partial charge in [0.25, 0.3) is 0 Å². The molecule has 2 fully saturated rings. The summed E-state index contributed by atoms with van der Waals surface area (Å²) >= 11 is 0. The summed E-state index contributed by atoms with van der Waals surface area (Å²) in [6, 6.07) is 0.176. The number of carbonyl (C=O) groups excluding carboxylic acids is 2. The average Bonchev–Trinajstić information content (AvgIpc) is 2.61. The van der Waals surface area contributed by atoms with Crippen molar-refractivity contribution in [1.82, 2.24) is 21.3 Å². The van der Waals surface area contributed by atoms with Gasteiger partial charge in [0.1, 0.15) is 6.17 Å². The SMILES string of the molecule is CCCCCC(NC(=O)NC1CCCC(C)C1)NC(=O)NC1CCCC(C)C1. The van der Waals surface area contributed by atoms with Gasteiger partial charge in [-0.15, -0.1) is 0 Å². The van der Waals surface area contributed by atoms with Gasteiger partial charge in [-0.25, -0.2) is 9.59 Å². The van der Waals surface area contributed by atoms with Gasteiger partial charge in [0.15, 0.2) is 0 Å². The number of amides is 4. The van der Waals surface area contributed by atoms with Gasteiger partial charge in [-0.2, -0.15) is 0 Å². The van der Waals surface area contributed by atoms with Crippen molar-refractivity contribution in [2.45, 2.75) is 116 Å². The van der Waals surface area contributed by atoms with Crippen LogP contribution < -0.4 is 21.3 Å². The Bertz CT molecular complexity index is 447. The second kappa shape index (κ2) is 12.2. The lowest BCUT2D eigenvalue weighted by Gasteiger charge is -2.30. The molecule has 2 rings (SSSR count). The van der Waals surface area contributed by atoms with E-state index in [1.165, 1.54) is 25.7 Å². The van der Waals surface area contributed by atoms with Crippen LogP contribution in [0.1, 0.15) is 97.8 Å². The number of nitrogens with one attached hydrogen (secondary N) is 4. The Morgan fingerprint density at radius 3 is 1.75 bits per heavy atom. The van der Waals surface area contributed by atoms with Gasteiger partial charge in [-0.3, -0.25) is 0 Å². The maximum absolute atomic E-state index is 12.5. The summed E-state index contributed by atoms with van der Waals surface area (Å²) in [5, 5.41) is 12.2. The molecule has 6 nitrogen and oxygen atoms in total. The minimum Gasteiger partial charge on any atom is -0.335 e. The third-order valence-corrected chi connectivity index (χ3v) is 6.25. The molecule has 0 aromatic carbocycles. The molecule has 0 aromatic heterocycles. The minimum atomic E-state index is -0.325. The molecule has 0 heterocycles. The summed E-state index contributed by atoms with van der Waals surface area (Å²) in [6.07, 6.45) is 12.7. The van der Waals surface area contributed by atoms with E-state index < -0.39 is 0 Å². The zero-order valence-corrected chi connectivity index (χ0v) is 18.2. The molecule has 4 amide bonds. The van der Waals surface area contributed by atoms with Crippen LogP contribution in [0.3, 0.4) is 0 Å². The maximum Gasteiger partial charge on any atom is 0.316 e. The van der Waals surface area contributed by atoms with Crippen molar-refractivity contribution in [2.24, 2.45) is 11.8 Å². The van der Waals surface area contributed by atoms with E-state index >= 15 is 0 Å². The van der Waals surface area contributed by atoms with E-state index in [9.17, 15) is 9.59 Å². The van der Waals surface area contributed by atoms with Crippen LogP contribution in [0.4, 0.5) is 9.59 Å². The highest BCUT2D eigenvalue weighted by molar-refractivity contribution is 5.77. The number of hydrogen-bond donors (Lipinski definition) is 4. The highest BCUT2D eigenvalue weighted by Crippen LogP contribution is 2.24. The normalized spacial score (nSPS) is 28.8. The molecule has 4 unspecified atom stereocenters. The summed E-state index contributed by atoms with van der Waals surface area (Å²) in [4.78, 5) is 25.0. The predicted molar refractivity (Wildman–Crippen MR) is 114 cm³/mol. The largest absolute Gasteiger partial charge is 0.335 e. The number of urea groups is 2. The average molecular weight is 395 g/mol. The second-order valence-electron chi connectivity index (χ2n) is 9.22. The first kappa shape index (κ1) is 22.8.